The van der Waals surface area contributed by atoms with Crippen LogP contribution in [0.1, 0.15) is 24.1 Å². The number of anilines is 1. The highest BCUT2D eigenvalue weighted by Crippen LogP contribution is 2.19. The molecule has 106 valence electrons. The highest BCUT2D eigenvalue weighted by molar-refractivity contribution is 7.92. The normalized spacial score (nSPS) is 12.9. The van der Waals surface area contributed by atoms with Gasteiger partial charge in [-0.1, -0.05) is 18.2 Å². The van der Waals surface area contributed by atoms with Crippen molar-refractivity contribution in [3.63, 3.8) is 0 Å². The zero-order valence-electron chi connectivity index (χ0n) is 11.4. The highest BCUT2D eigenvalue weighted by atomic mass is 32.2. The minimum absolute atomic E-state index is 0.178. The predicted octanol–water partition coefficient (Wildman–Crippen LogP) is 2.21. The average molecular weight is 291 g/mol. The van der Waals surface area contributed by atoms with Gasteiger partial charge in [-0.05, 0) is 43.2 Å². The summed E-state index contributed by atoms with van der Waals surface area (Å²) in [6.45, 7) is 3.60. The summed E-state index contributed by atoms with van der Waals surface area (Å²) in [4.78, 5) is 4.21. The van der Waals surface area contributed by atoms with E-state index >= 15 is 0 Å². The summed E-state index contributed by atoms with van der Waals surface area (Å²) in [6.07, 6.45) is 1.54. The van der Waals surface area contributed by atoms with Crippen molar-refractivity contribution < 1.29 is 8.42 Å². The second kappa shape index (κ2) is 5.60. The molecule has 5 nitrogen and oxygen atoms in total. The number of nitrogens with two attached hydrogens (primary N) is 1. The lowest BCUT2D eigenvalue weighted by atomic mass is 10.1. The molecule has 0 radical (unpaired) electrons. The first kappa shape index (κ1) is 14.5. The molecule has 1 aromatic heterocycles. The van der Waals surface area contributed by atoms with Crippen LogP contribution in [0.3, 0.4) is 0 Å². The summed E-state index contributed by atoms with van der Waals surface area (Å²) in [5.41, 5.74) is 7.31. The first-order valence-corrected chi connectivity index (χ1v) is 7.68. The van der Waals surface area contributed by atoms with Crippen molar-refractivity contribution in [2.75, 3.05) is 4.72 Å². The van der Waals surface area contributed by atoms with E-state index in [-0.39, 0.29) is 10.9 Å². The molecule has 20 heavy (non-hydrogen) atoms. The molecule has 0 fully saturated rings. The minimum atomic E-state index is -3.66. The summed E-state index contributed by atoms with van der Waals surface area (Å²) in [5, 5.41) is 0. The van der Waals surface area contributed by atoms with E-state index in [1.165, 1.54) is 6.07 Å². The molecule has 0 saturated carbocycles. The number of sulfonamides is 1. The van der Waals surface area contributed by atoms with Gasteiger partial charge in [-0.2, -0.15) is 0 Å². The fourth-order valence-corrected chi connectivity index (χ4v) is 2.88. The standard InChI is InChI=1S/C14H17N3O2S/c1-10-5-4-8-16-14(10)17-20(18,19)13-7-3-6-12(9-13)11(2)15/h3-9,11H,15H2,1-2H3,(H,16,17). The molecule has 0 aliphatic heterocycles. The Kier molecular flexibility index (Phi) is 4.06. The number of hydrogen-bond donors (Lipinski definition) is 2. The molecule has 0 aliphatic carbocycles. The van der Waals surface area contributed by atoms with E-state index in [0.29, 0.717) is 5.82 Å². The topological polar surface area (TPSA) is 85.1 Å². The van der Waals surface area contributed by atoms with Gasteiger partial charge in [-0.25, -0.2) is 13.4 Å². The van der Waals surface area contributed by atoms with Crippen LogP contribution in [0.4, 0.5) is 5.82 Å². The lowest BCUT2D eigenvalue weighted by Crippen LogP contribution is -2.15. The van der Waals surface area contributed by atoms with Gasteiger partial charge < -0.3 is 5.73 Å². The van der Waals surface area contributed by atoms with Crippen molar-refractivity contribution in [2.24, 2.45) is 5.73 Å². The molecular weight excluding hydrogens is 274 g/mol. The number of pyridine rings is 1. The zero-order chi connectivity index (χ0) is 14.8. The molecule has 1 aromatic carbocycles. The Morgan fingerprint density at radius 3 is 2.65 bits per heavy atom. The number of hydrogen-bond acceptors (Lipinski definition) is 4. The van der Waals surface area contributed by atoms with Crippen LogP contribution in [0.5, 0.6) is 0 Å². The van der Waals surface area contributed by atoms with E-state index in [9.17, 15) is 8.42 Å². The Morgan fingerprint density at radius 2 is 2.00 bits per heavy atom. The summed E-state index contributed by atoms with van der Waals surface area (Å²) in [5.74, 6) is 0.332. The SMILES string of the molecule is Cc1cccnc1NS(=O)(=O)c1cccc(C(C)N)c1. The van der Waals surface area contributed by atoms with Crippen LogP contribution in [0.25, 0.3) is 0 Å². The highest BCUT2D eigenvalue weighted by Gasteiger charge is 2.16. The molecule has 0 aliphatic rings. The summed E-state index contributed by atoms with van der Waals surface area (Å²) in [6, 6.07) is 9.92. The number of nitrogens with zero attached hydrogens (tertiary/aromatic N) is 1. The van der Waals surface area contributed by atoms with Gasteiger partial charge in [0.2, 0.25) is 0 Å². The maximum absolute atomic E-state index is 12.3. The quantitative estimate of drug-likeness (QED) is 0.904. The van der Waals surface area contributed by atoms with Crippen LogP contribution in [-0.4, -0.2) is 13.4 Å². The number of aromatic nitrogens is 1. The van der Waals surface area contributed by atoms with E-state index in [0.717, 1.165) is 11.1 Å². The van der Waals surface area contributed by atoms with E-state index < -0.39 is 10.0 Å². The van der Waals surface area contributed by atoms with Crippen LogP contribution in [-0.2, 0) is 10.0 Å². The number of nitrogens with one attached hydrogen (secondary N) is 1. The molecule has 2 aromatic rings. The van der Waals surface area contributed by atoms with Gasteiger partial charge in [0.1, 0.15) is 5.82 Å². The van der Waals surface area contributed by atoms with Crippen LogP contribution >= 0.6 is 0 Å². The Labute approximate surface area is 118 Å². The summed E-state index contributed by atoms with van der Waals surface area (Å²) >= 11 is 0. The Hall–Kier alpha value is -1.92. The monoisotopic (exact) mass is 291 g/mol. The van der Waals surface area contributed by atoms with Crippen molar-refractivity contribution >= 4 is 15.8 Å². The third kappa shape index (κ3) is 3.15. The Morgan fingerprint density at radius 1 is 1.25 bits per heavy atom. The fourth-order valence-electron chi connectivity index (χ4n) is 1.74. The number of rotatable bonds is 4. The third-order valence-electron chi connectivity index (χ3n) is 2.93. The lowest BCUT2D eigenvalue weighted by Gasteiger charge is -2.11. The van der Waals surface area contributed by atoms with Crippen molar-refractivity contribution in [1.29, 1.82) is 0 Å². The maximum atomic E-state index is 12.3. The van der Waals surface area contributed by atoms with Crippen molar-refractivity contribution in [2.45, 2.75) is 24.8 Å². The molecule has 3 N–H and O–H groups in total. The summed E-state index contributed by atoms with van der Waals surface area (Å²) < 4.78 is 27.2. The van der Waals surface area contributed by atoms with Gasteiger partial charge >= 0.3 is 0 Å². The van der Waals surface area contributed by atoms with Gasteiger partial charge in [0.15, 0.2) is 0 Å². The predicted molar refractivity (Wildman–Crippen MR) is 78.8 cm³/mol. The Bertz CT molecular complexity index is 712. The van der Waals surface area contributed by atoms with Crippen LogP contribution in [0.15, 0.2) is 47.5 Å². The van der Waals surface area contributed by atoms with Crippen molar-refractivity contribution in [1.82, 2.24) is 4.98 Å². The average Bonchev–Trinajstić information content (AvgIpc) is 2.41. The first-order chi connectivity index (χ1) is 9.40. The molecule has 0 saturated heterocycles. The molecular formula is C14H17N3O2S. The number of benzene rings is 1. The molecule has 1 unspecified atom stereocenters. The lowest BCUT2D eigenvalue weighted by molar-refractivity contribution is 0.600. The fraction of sp³-hybridized carbons (Fsp3) is 0.214. The van der Waals surface area contributed by atoms with E-state index in [2.05, 4.69) is 9.71 Å². The van der Waals surface area contributed by atoms with Crippen molar-refractivity contribution in [3.05, 3.63) is 53.7 Å². The summed E-state index contributed by atoms with van der Waals surface area (Å²) in [7, 11) is -3.66. The Balaban J connectivity index is 2.36. The first-order valence-electron chi connectivity index (χ1n) is 6.20. The molecule has 0 spiro atoms. The van der Waals surface area contributed by atoms with Gasteiger partial charge in [-0.3, -0.25) is 4.72 Å². The number of aryl methyl sites for hydroxylation is 1. The molecule has 0 amide bonds. The van der Waals surface area contributed by atoms with Gasteiger partial charge in [0.05, 0.1) is 4.90 Å². The van der Waals surface area contributed by atoms with E-state index in [1.54, 1.807) is 43.5 Å². The maximum Gasteiger partial charge on any atom is 0.263 e. The minimum Gasteiger partial charge on any atom is -0.324 e. The van der Waals surface area contributed by atoms with Crippen molar-refractivity contribution in [3.8, 4) is 0 Å². The largest absolute Gasteiger partial charge is 0.324 e. The molecule has 0 bridgehead atoms. The van der Waals surface area contributed by atoms with E-state index in [4.69, 9.17) is 5.73 Å². The van der Waals surface area contributed by atoms with Gasteiger partial charge in [-0.15, -0.1) is 0 Å². The smallest absolute Gasteiger partial charge is 0.263 e. The molecule has 2 rings (SSSR count). The van der Waals surface area contributed by atoms with Crippen LogP contribution < -0.4 is 10.5 Å². The second-order valence-corrected chi connectivity index (χ2v) is 6.32. The van der Waals surface area contributed by atoms with Gasteiger partial charge in [0, 0.05) is 12.2 Å². The van der Waals surface area contributed by atoms with Crippen LogP contribution in [0, 0.1) is 6.92 Å². The third-order valence-corrected chi connectivity index (χ3v) is 4.27. The second-order valence-electron chi connectivity index (χ2n) is 4.64. The zero-order valence-corrected chi connectivity index (χ0v) is 12.2. The molecule has 6 heteroatoms. The van der Waals surface area contributed by atoms with Gasteiger partial charge in [0.25, 0.3) is 10.0 Å². The molecule has 1 atom stereocenters. The van der Waals surface area contributed by atoms with Crippen LogP contribution in [0.2, 0.25) is 0 Å². The molecule has 1 heterocycles. The van der Waals surface area contributed by atoms with E-state index in [1.807, 2.05) is 6.92 Å².